The summed E-state index contributed by atoms with van der Waals surface area (Å²) >= 11 is 1.60. The van der Waals surface area contributed by atoms with E-state index >= 15 is 0 Å². The summed E-state index contributed by atoms with van der Waals surface area (Å²) in [6.45, 7) is 0.819. The van der Waals surface area contributed by atoms with Crippen molar-refractivity contribution in [2.45, 2.75) is 12.5 Å². The summed E-state index contributed by atoms with van der Waals surface area (Å²) < 4.78 is 10.8. The summed E-state index contributed by atoms with van der Waals surface area (Å²) in [5.74, 6) is 1.58. The van der Waals surface area contributed by atoms with Crippen LogP contribution in [-0.2, 0) is 11.2 Å². The van der Waals surface area contributed by atoms with Gasteiger partial charge in [-0.2, -0.15) is 0 Å². The molecular formula is C17H21ClN2O3S. The number of carbonyl (C=O) groups is 1. The van der Waals surface area contributed by atoms with Gasteiger partial charge >= 0.3 is 0 Å². The Hall–Kier alpha value is -1.76. The van der Waals surface area contributed by atoms with E-state index in [1.54, 1.807) is 11.3 Å². The van der Waals surface area contributed by atoms with Crippen LogP contribution in [0.1, 0.15) is 16.5 Å². The van der Waals surface area contributed by atoms with E-state index in [-0.39, 0.29) is 31.1 Å². The van der Waals surface area contributed by atoms with E-state index in [0.29, 0.717) is 13.0 Å². The molecule has 2 heterocycles. The second-order valence-electron chi connectivity index (χ2n) is 5.65. The number of fused-ring (bicyclic) bond motifs is 1. The Kier molecular flexibility index (Phi) is 6.48. The van der Waals surface area contributed by atoms with Gasteiger partial charge in [0.05, 0.1) is 12.5 Å². The molecule has 0 bridgehead atoms. The van der Waals surface area contributed by atoms with Gasteiger partial charge in [0.1, 0.15) is 0 Å². The van der Waals surface area contributed by atoms with Crippen molar-refractivity contribution in [1.29, 1.82) is 0 Å². The number of benzene rings is 1. The molecule has 1 aliphatic heterocycles. The monoisotopic (exact) mass is 368 g/mol. The lowest BCUT2D eigenvalue weighted by Crippen LogP contribution is -2.35. The Labute approximate surface area is 152 Å². The van der Waals surface area contributed by atoms with Crippen LogP contribution in [0, 0.1) is 0 Å². The van der Waals surface area contributed by atoms with Gasteiger partial charge in [0.15, 0.2) is 11.5 Å². The summed E-state index contributed by atoms with van der Waals surface area (Å²) in [7, 11) is 4.00. The van der Waals surface area contributed by atoms with Gasteiger partial charge in [-0.15, -0.1) is 23.7 Å². The van der Waals surface area contributed by atoms with Crippen molar-refractivity contribution in [2.24, 2.45) is 0 Å². The van der Waals surface area contributed by atoms with Gasteiger partial charge in [-0.1, -0.05) is 12.1 Å². The molecule has 1 N–H and O–H groups in total. The highest BCUT2D eigenvalue weighted by Crippen LogP contribution is 2.34. The highest BCUT2D eigenvalue weighted by Gasteiger charge is 2.20. The van der Waals surface area contributed by atoms with Gasteiger partial charge in [0.25, 0.3) is 0 Å². The number of amides is 1. The molecule has 1 aromatic heterocycles. The second kappa shape index (κ2) is 8.37. The summed E-state index contributed by atoms with van der Waals surface area (Å²) in [5, 5.41) is 5.01. The van der Waals surface area contributed by atoms with Crippen LogP contribution < -0.4 is 14.8 Å². The molecule has 1 atom stereocenters. The summed E-state index contributed by atoms with van der Waals surface area (Å²) in [5.41, 5.74) is 1.09. The number of likely N-dealkylation sites (N-methyl/N-ethyl adjacent to an activating group) is 1. The lowest BCUT2D eigenvalue weighted by molar-refractivity contribution is -0.120. The average Bonchev–Trinajstić information content (AvgIpc) is 3.17. The summed E-state index contributed by atoms with van der Waals surface area (Å²) in [4.78, 5) is 15.3. The van der Waals surface area contributed by atoms with E-state index in [1.807, 2.05) is 49.8 Å². The minimum atomic E-state index is 0. The Morgan fingerprint density at radius 1 is 1.29 bits per heavy atom. The summed E-state index contributed by atoms with van der Waals surface area (Å²) in [6.07, 6.45) is 0.430. The first-order valence-corrected chi connectivity index (χ1v) is 8.36. The number of halogens is 1. The van der Waals surface area contributed by atoms with Crippen LogP contribution in [0.15, 0.2) is 35.7 Å². The number of carbonyl (C=O) groups excluding carboxylic acids is 1. The normalized spacial score (nSPS) is 13.5. The number of hydrogen-bond acceptors (Lipinski definition) is 5. The zero-order valence-corrected chi connectivity index (χ0v) is 15.3. The van der Waals surface area contributed by atoms with Crippen LogP contribution in [-0.4, -0.2) is 38.2 Å². The largest absolute Gasteiger partial charge is 0.454 e. The van der Waals surface area contributed by atoms with Crippen LogP contribution >= 0.6 is 23.7 Å². The zero-order chi connectivity index (χ0) is 16.2. The lowest BCUT2D eigenvalue weighted by atomic mass is 10.1. The molecular weight excluding hydrogens is 348 g/mol. The van der Waals surface area contributed by atoms with Gasteiger partial charge in [-0.05, 0) is 43.2 Å². The minimum absolute atomic E-state index is 0. The van der Waals surface area contributed by atoms with E-state index in [4.69, 9.17) is 9.47 Å². The molecule has 1 unspecified atom stereocenters. The van der Waals surface area contributed by atoms with Crippen LogP contribution in [0.25, 0.3) is 0 Å². The van der Waals surface area contributed by atoms with Crippen LogP contribution in [0.5, 0.6) is 11.5 Å². The third kappa shape index (κ3) is 4.41. The molecule has 130 valence electrons. The molecule has 1 amide bonds. The molecule has 0 aliphatic carbocycles. The summed E-state index contributed by atoms with van der Waals surface area (Å²) in [6, 6.07) is 9.94. The van der Waals surface area contributed by atoms with E-state index < -0.39 is 0 Å². The first kappa shape index (κ1) is 18.6. The van der Waals surface area contributed by atoms with Crippen molar-refractivity contribution in [3.8, 4) is 11.5 Å². The molecule has 7 heteroatoms. The van der Waals surface area contributed by atoms with Crippen molar-refractivity contribution in [3.05, 3.63) is 46.2 Å². The predicted octanol–water partition coefficient (Wildman–Crippen LogP) is 2.86. The Balaban J connectivity index is 0.00000208. The quantitative estimate of drug-likeness (QED) is 0.851. The van der Waals surface area contributed by atoms with E-state index in [9.17, 15) is 4.79 Å². The Morgan fingerprint density at radius 3 is 2.79 bits per heavy atom. The van der Waals surface area contributed by atoms with Crippen molar-refractivity contribution in [1.82, 2.24) is 10.2 Å². The number of nitrogens with zero attached hydrogens (tertiary/aromatic N) is 1. The van der Waals surface area contributed by atoms with Gasteiger partial charge in [0.2, 0.25) is 12.7 Å². The minimum Gasteiger partial charge on any atom is -0.454 e. The second-order valence-corrected chi connectivity index (χ2v) is 6.68. The average molecular weight is 369 g/mol. The standard InChI is InChI=1S/C17H20N2O3S.ClH/c1-19(2)14(10-18-17(20)9-13-4-3-7-23-13)12-5-6-15-16(8-12)22-11-21-15;/h3-8,14H,9-11H2,1-2H3,(H,18,20);1H. The molecule has 0 radical (unpaired) electrons. The molecule has 0 spiro atoms. The van der Waals surface area contributed by atoms with Crippen LogP contribution in [0.2, 0.25) is 0 Å². The van der Waals surface area contributed by atoms with Crippen molar-refractivity contribution in [3.63, 3.8) is 0 Å². The van der Waals surface area contributed by atoms with E-state index in [1.165, 1.54) is 0 Å². The highest BCUT2D eigenvalue weighted by atomic mass is 35.5. The lowest BCUT2D eigenvalue weighted by Gasteiger charge is -2.25. The topological polar surface area (TPSA) is 50.8 Å². The molecule has 5 nitrogen and oxygen atoms in total. The van der Waals surface area contributed by atoms with Gasteiger partial charge < -0.3 is 19.7 Å². The Morgan fingerprint density at radius 2 is 2.08 bits per heavy atom. The number of rotatable bonds is 6. The fourth-order valence-electron chi connectivity index (χ4n) is 2.56. The van der Waals surface area contributed by atoms with Gasteiger partial charge in [-0.25, -0.2) is 0 Å². The maximum Gasteiger partial charge on any atom is 0.231 e. The zero-order valence-electron chi connectivity index (χ0n) is 13.7. The van der Waals surface area contributed by atoms with E-state index in [2.05, 4.69) is 10.2 Å². The van der Waals surface area contributed by atoms with Gasteiger partial charge in [-0.3, -0.25) is 4.79 Å². The molecule has 3 rings (SSSR count). The highest BCUT2D eigenvalue weighted by molar-refractivity contribution is 7.10. The fourth-order valence-corrected chi connectivity index (χ4v) is 3.27. The van der Waals surface area contributed by atoms with Crippen molar-refractivity contribution >= 4 is 29.7 Å². The smallest absolute Gasteiger partial charge is 0.231 e. The third-order valence-corrected chi connectivity index (χ3v) is 4.69. The van der Waals surface area contributed by atoms with Crippen LogP contribution in [0.3, 0.4) is 0 Å². The molecule has 0 saturated heterocycles. The number of ether oxygens (including phenoxy) is 2. The Bertz CT molecular complexity index is 676. The molecule has 2 aromatic rings. The maximum atomic E-state index is 12.1. The van der Waals surface area contributed by atoms with Gasteiger partial charge in [0, 0.05) is 11.4 Å². The first-order chi connectivity index (χ1) is 11.1. The molecule has 0 saturated carbocycles. The third-order valence-electron chi connectivity index (χ3n) is 3.81. The number of nitrogens with one attached hydrogen (secondary N) is 1. The predicted molar refractivity (Wildman–Crippen MR) is 97.3 cm³/mol. The number of thiophene rings is 1. The first-order valence-electron chi connectivity index (χ1n) is 7.48. The van der Waals surface area contributed by atoms with E-state index in [0.717, 1.165) is 21.9 Å². The molecule has 0 fully saturated rings. The fraction of sp³-hybridized carbons (Fsp3) is 0.353. The molecule has 1 aliphatic rings. The number of hydrogen-bond donors (Lipinski definition) is 1. The maximum absolute atomic E-state index is 12.1. The SMILES string of the molecule is CN(C)C(CNC(=O)Cc1cccs1)c1ccc2c(c1)OCO2.Cl. The molecule has 24 heavy (non-hydrogen) atoms. The van der Waals surface area contributed by atoms with Crippen molar-refractivity contribution in [2.75, 3.05) is 27.4 Å². The molecule has 1 aromatic carbocycles. The van der Waals surface area contributed by atoms with Crippen molar-refractivity contribution < 1.29 is 14.3 Å². The van der Waals surface area contributed by atoms with Crippen LogP contribution in [0.4, 0.5) is 0 Å².